The van der Waals surface area contributed by atoms with Gasteiger partial charge in [-0.05, 0) is 35.6 Å². The summed E-state index contributed by atoms with van der Waals surface area (Å²) in [6, 6.07) is 1.71. The Bertz CT molecular complexity index is 538. The molecule has 0 aromatic carbocycles. The van der Waals surface area contributed by atoms with E-state index in [1.807, 2.05) is 22.6 Å². The number of aromatic amines is 1. The van der Waals surface area contributed by atoms with Crippen LogP contribution in [0.5, 0.6) is 0 Å². The molecule has 0 bridgehead atoms. The minimum atomic E-state index is -0.162. The molecule has 0 unspecified atom stereocenters. The van der Waals surface area contributed by atoms with Crippen LogP contribution in [0.15, 0.2) is 23.3 Å². The molecule has 0 atom stereocenters. The maximum Gasteiger partial charge on any atom is 0.264 e. The molecule has 2 rings (SSSR count). The first-order valence-electron chi connectivity index (χ1n) is 4.22. The molecule has 0 spiro atoms. The van der Waals surface area contributed by atoms with Crippen molar-refractivity contribution in [1.29, 1.82) is 0 Å². The monoisotopic (exact) mass is 314 g/mol. The molecule has 0 aliphatic rings. The number of aromatic nitrogens is 4. The first-order valence-corrected chi connectivity index (χ1v) is 5.30. The molecule has 1 N–H and O–H groups in total. The van der Waals surface area contributed by atoms with Gasteiger partial charge in [-0.3, -0.25) is 4.79 Å². The largest absolute Gasteiger partial charge is 0.303 e. The summed E-state index contributed by atoms with van der Waals surface area (Å²) in [6.07, 6.45) is 3.21. The van der Waals surface area contributed by atoms with Gasteiger partial charge in [0.15, 0.2) is 11.6 Å². The Morgan fingerprint density at radius 2 is 2.00 bits per heavy atom. The van der Waals surface area contributed by atoms with Crippen LogP contribution in [-0.4, -0.2) is 19.9 Å². The van der Waals surface area contributed by atoms with E-state index in [0.29, 0.717) is 20.9 Å². The van der Waals surface area contributed by atoms with Crippen molar-refractivity contribution in [2.45, 2.75) is 6.92 Å². The van der Waals surface area contributed by atoms with Gasteiger partial charge in [0.2, 0.25) is 0 Å². The van der Waals surface area contributed by atoms with Crippen molar-refractivity contribution in [3.05, 3.63) is 38.1 Å². The lowest BCUT2D eigenvalue weighted by Gasteiger charge is -2.00. The summed E-state index contributed by atoms with van der Waals surface area (Å²) in [5.74, 6) is 0.826. The predicted octanol–water partition coefficient (Wildman–Crippen LogP) is 1.14. The zero-order valence-corrected chi connectivity index (χ0v) is 10.0. The second kappa shape index (κ2) is 4.05. The fourth-order valence-electron chi connectivity index (χ4n) is 1.10. The van der Waals surface area contributed by atoms with Crippen LogP contribution in [0.4, 0.5) is 0 Å². The van der Waals surface area contributed by atoms with Crippen LogP contribution in [0.1, 0.15) is 5.69 Å². The van der Waals surface area contributed by atoms with Gasteiger partial charge < -0.3 is 4.98 Å². The maximum atomic E-state index is 11.5. The molecule has 0 fully saturated rings. The number of hydrogen-bond donors (Lipinski definition) is 1. The molecule has 0 saturated heterocycles. The van der Waals surface area contributed by atoms with Crippen molar-refractivity contribution in [1.82, 2.24) is 19.9 Å². The molecular formula is C9H7IN4O. The Kier molecular flexibility index (Phi) is 2.76. The van der Waals surface area contributed by atoms with E-state index in [-0.39, 0.29) is 5.56 Å². The fourth-order valence-corrected chi connectivity index (χ4v) is 1.35. The van der Waals surface area contributed by atoms with Gasteiger partial charge >= 0.3 is 0 Å². The van der Waals surface area contributed by atoms with Gasteiger partial charge in [0, 0.05) is 12.4 Å². The van der Waals surface area contributed by atoms with Crippen molar-refractivity contribution in [3.63, 3.8) is 0 Å². The van der Waals surface area contributed by atoms with Gasteiger partial charge in [-0.15, -0.1) is 0 Å². The van der Waals surface area contributed by atoms with Gasteiger partial charge in [-0.25, -0.2) is 15.0 Å². The highest BCUT2D eigenvalue weighted by atomic mass is 127. The third-order valence-electron chi connectivity index (χ3n) is 1.81. The van der Waals surface area contributed by atoms with Crippen LogP contribution in [0.25, 0.3) is 11.6 Å². The molecule has 2 heterocycles. The van der Waals surface area contributed by atoms with E-state index in [2.05, 4.69) is 19.9 Å². The van der Waals surface area contributed by atoms with E-state index in [9.17, 15) is 4.79 Å². The highest BCUT2D eigenvalue weighted by molar-refractivity contribution is 14.1. The molecule has 15 heavy (non-hydrogen) atoms. The topological polar surface area (TPSA) is 71.5 Å². The van der Waals surface area contributed by atoms with Crippen molar-refractivity contribution in [2.75, 3.05) is 0 Å². The van der Waals surface area contributed by atoms with Crippen LogP contribution in [0, 0.1) is 10.5 Å². The standard InChI is InChI=1S/C9H7IN4O/c1-5-6(10)9(15)14-8(13-5)7-11-3-2-4-12-7/h2-4H,1H3,(H,13,14,15). The number of nitrogens with one attached hydrogen (secondary N) is 1. The lowest BCUT2D eigenvalue weighted by atomic mass is 10.4. The zero-order valence-electron chi connectivity index (χ0n) is 7.86. The average Bonchev–Trinajstić information content (AvgIpc) is 2.26. The van der Waals surface area contributed by atoms with Crippen molar-refractivity contribution in [3.8, 4) is 11.6 Å². The van der Waals surface area contributed by atoms with Gasteiger partial charge in [-0.1, -0.05) is 0 Å². The quantitative estimate of drug-likeness (QED) is 0.801. The minimum Gasteiger partial charge on any atom is -0.303 e. The van der Waals surface area contributed by atoms with Gasteiger partial charge in [-0.2, -0.15) is 0 Å². The smallest absolute Gasteiger partial charge is 0.264 e. The van der Waals surface area contributed by atoms with Crippen molar-refractivity contribution < 1.29 is 0 Å². The summed E-state index contributed by atoms with van der Waals surface area (Å²) in [4.78, 5) is 26.4. The van der Waals surface area contributed by atoms with E-state index >= 15 is 0 Å². The molecule has 0 amide bonds. The van der Waals surface area contributed by atoms with E-state index in [1.54, 1.807) is 25.4 Å². The first-order chi connectivity index (χ1) is 7.18. The SMILES string of the molecule is Cc1nc(-c2ncccn2)[nH]c(=O)c1I. The van der Waals surface area contributed by atoms with Crippen LogP contribution < -0.4 is 5.56 Å². The molecule has 0 radical (unpaired) electrons. The Hall–Kier alpha value is -1.31. The van der Waals surface area contributed by atoms with Crippen molar-refractivity contribution >= 4 is 22.6 Å². The summed E-state index contributed by atoms with van der Waals surface area (Å²) in [7, 11) is 0. The second-order valence-corrected chi connectivity index (χ2v) is 3.97. The number of hydrogen-bond acceptors (Lipinski definition) is 4. The summed E-state index contributed by atoms with van der Waals surface area (Å²) in [5.41, 5.74) is 0.521. The van der Waals surface area contributed by atoms with E-state index in [4.69, 9.17) is 0 Å². The molecule has 76 valence electrons. The normalized spacial score (nSPS) is 10.3. The first kappa shape index (κ1) is 10.2. The van der Waals surface area contributed by atoms with Crippen LogP contribution in [0.3, 0.4) is 0 Å². The predicted molar refractivity (Wildman–Crippen MR) is 63.3 cm³/mol. The summed E-state index contributed by atoms with van der Waals surface area (Å²) < 4.78 is 0.590. The lowest BCUT2D eigenvalue weighted by molar-refractivity contribution is 1.01. The van der Waals surface area contributed by atoms with Crippen LogP contribution in [0.2, 0.25) is 0 Å². The summed E-state index contributed by atoms with van der Waals surface area (Å²) in [5, 5.41) is 0. The van der Waals surface area contributed by atoms with Crippen molar-refractivity contribution in [2.24, 2.45) is 0 Å². The van der Waals surface area contributed by atoms with Gasteiger partial charge in [0.05, 0.1) is 9.26 Å². The van der Waals surface area contributed by atoms with Gasteiger partial charge in [0.1, 0.15) is 0 Å². The number of nitrogens with zero attached hydrogens (tertiary/aromatic N) is 3. The average molecular weight is 314 g/mol. The highest BCUT2D eigenvalue weighted by Gasteiger charge is 2.07. The number of halogens is 1. The minimum absolute atomic E-state index is 0.162. The molecule has 2 aromatic heterocycles. The van der Waals surface area contributed by atoms with Crippen LogP contribution in [-0.2, 0) is 0 Å². The molecule has 0 aliphatic carbocycles. The maximum absolute atomic E-state index is 11.5. The Balaban J connectivity index is 2.61. The lowest BCUT2D eigenvalue weighted by Crippen LogP contribution is -2.15. The fraction of sp³-hybridized carbons (Fsp3) is 0.111. The van der Waals surface area contributed by atoms with Crippen LogP contribution >= 0.6 is 22.6 Å². The summed E-state index contributed by atoms with van der Waals surface area (Å²) in [6.45, 7) is 1.78. The number of rotatable bonds is 1. The van der Waals surface area contributed by atoms with E-state index in [0.717, 1.165) is 0 Å². The van der Waals surface area contributed by atoms with E-state index in [1.165, 1.54) is 0 Å². The summed E-state index contributed by atoms with van der Waals surface area (Å²) >= 11 is 1.96. The van der Waals surface area contributed by atoms with Gasteiger partial charge in [0.25, 0.3) is 5.56 Å². The molecular weight excluding hydrogens is 307 g/mol. The molecule has 2 aromatic rings. The zero-order chi connectivity index (χ0) is 10.8. The molecule has 0 aliphatic heterocycles. The second-order valence-electron chi connectivity index (χ2n) is 2.89. The Morgan fingerprint density at radius 3 is 2.60 bits per heavy atom. The number of aryl methyl sites for hydroxylation is 1. The molecule has 5 nitrogen and oxygen atoms in total. The Morgan fingerprint density at radius 1 is 1.33 bits per heavy atom. The third-order valence-corrected chi connectivity index (χ3v) is 3.08. The third kappa shape index (κ3) is 2.04. The molecule has 6 heteroatoms. The Labute approximate surface area is 99.2 Å². The number of H-pyrrole nitrogens is 1. The van der Waals surface area contributed by atoms with E-state index < -0.39 is 0 Å². The highest BCUT2D eigenvalue weighted by Crippen LogP contribution is 2.08. The molecule has 0 saturated carbocycles.